The molecule has 0 aromatic carbocycles. The summed E-state index contributed by atoms with van der Waals surface area (Å²) in [5, 5.41) is 12.6. The summed E-state index contributed by atoms with van der Waals surface area (Å²) in [5.74, 6) is 0.976. The second-order valence-electron chi connectivity index (χ2n) is 12.3. The van der Waals surface area contributed by atoms with Gasteiger partial charge < -0.3 is 24.9 Å². The molecule has 3 N–H and O–H groups in total. The Morgan fingerprint density at radius 1 is 1.17 bits per heavy atom. The average molecular weight is 568 g/mol. The van der Waals surface area contributed by atoms with Gasteiger partial charge in [-0.15, -0.1) is 0 Å². The number of likely N-dealkylation sites (tertiary alicyclic amines) is 1. The SMILES string of the molecule is CC.Cc1cn([C@@H]2CCOC2)c2nc(/C(O)=C3\CCC[C@@]4(CCCCC4=O)C3N)nc(O[C@@H](C)C3CCCN3C)c12. The van der Waals surface area contributed by atoms with Crippen LogP contribution in [-0.4, -0.2) is 75.3 Å². The predicted molar refractivity (Wildman–Crippen MR) is 161 cm³/mol. The number of ketones is 1. The van der Waals surface area contributed by atoms with Gasteiger partial charge in [0.2, 0.25) is 5.88 Å². The highest BCUT2D eigenvalue weighted by atomic mass is 16.5. The first-order valence-corrected chi connectivity index (χ1v) is 15.8. The Hall–Kier alpha value is -2.49. The molecule has 41 heavy (non-hydrogen) atoms. The summed E-state index contributed by atoms with van der Waals surface area (Å²) in [5.41, 5.74) is 8.73. The summed E-state index contributed by atoms with van der Waals surface area (Å²) < 4.78 is 14.5. The number of rotatable bonds is 5. The minimum atomic E-state index is -0.581. The fraction of sp³-hybridized carbons (Fsp3) is 0.719. The van der Waals surface area contributed by atoms with Crippen molar-refractivity contribution in [2.75, 3.05) is 26.8 Å². The maximum Gasteiger partial charge on any atom is 0.227 e. The monoisotopic (exact) mass is 567 g/mol. The largest absolute Gasteiger partial charge is 0.504 e. The fourth-order valence-corrected chi connectivity index (χ4v) is 7.65. The lowest BCUT2D eigenvalue weighted by Gasteiger charge is -2.44. The summed E-state index contributed by atoms with van der Waals surface area (Å²) >= 11 is 0. The van der Waals surface area contributed by atoms with Gasteiger partial charge >= 0.3 is 0 Å². The molecule has 2 aliphatic carbocycles. The van der Waals surface area contributed by atoms with E-state index in [9.17, 15) is 9.90 Å². The number of nitrogens with zero attached hydrogens (tertiary/aromatic N) is 4. The van der Waals surface area contributed by atoms with Crippen LogP contribution in [0.15, 0.2) is 11.8 Å². The molecule has 0 bridgehead atoms. The van der Waals surface area contributed by atoms with Gasteiger partial charge in [-0.05, 0) is 89.9 Å². The van der Waals surface area contributed by atoms with Gasteiger partial charge in [-0.2, -0.15) is 4.98 Å². The Labute approximate surface area is 244 Å². The smallest absolute Gasteiger partial charge is 0.227 e. The van der Waals surface area contributed by atoms with Crippen LogP contribution >= 0.6 is 0 Å². The summed E-state index contributed by atoms with van der Waals surface area (Å²) in [7, 11) is 2.14. The van der Waals surface area contributed by atoms with E-state index in [0.717, 1.165) is 81.1 Å². The van der Waals surface area contributed by atoms with Crippen LogP contribution in [0.3, 0.4) is 0 Å². The number of carbonyl (C=O) groups excluding carboxylic acids is 1. The molecule has 1 spiro atoms. The van der Waals surface area contributed by atoms with Crippen LogP contribution in [0.4, 0.5) is 0 Å². The quantitative estimate of drug-likeness (QED) is 0.455. The van der Waals surface area contributed by atoms with E-state index in [1.165, 1.54) is 0 Å². The third-order valence-electron chi connectivity index (χ3n) is 9.93. The van der Waals surface area contributed by atoms with Gasteiger partial charge in [0.15, 0.2) is 11.6 Å². The predicted octanol–water partition coefficient (Wildman–Crippen LogP) is 5.50. The number of carbonyl (C=O) groups is 1. The maximum atomic E-state index is 13.1. The molecule has 9 heteroatoms. The van der Waals surface area contributed by atoms with Gasteiger partial charge in [-0.3, -0.25) is 9.69 Å². The molecule has 226 valence electrons. The van der Waals surface area contributed by atoms with E-state index < -0.39 is 11.5 Å². The van der Waals surface area contributed by atoms with Crippen molar-refractivity contribution in [1.82, 2.24) is 19.4 Å². The van der Waals surface area contributed by atoms with E-state index in [1.54, 1.807) is 0 Å². The molecule has 2 aliphatic heterocycles. The van der Waals surface area contributed by atoms with Crippen LogP contribution in [0.25, 0.3) is 16.8 Å². The van der Waals surface area contributed by atoms with Crippen molar-refractivity contribution in [3.05, 3.63) is 23.2 Å². The first-order valence-electron chi connectivity index (χ1n) is 15.8. The molecule has 2 saturated heterocycles. The molecule has 4 fully saturated rings. The molecule has 4 aliphatic rings. The van der Waals surface area contributed by atoms with Gasteiger partial charge in [0.05, 0.1) is 18.0 Å². The zero-order valence-corrected chi connectivity index (χ0v) is 25.6. The summed E-state index contributed by atoms with van der Waals surface area (Å²) in [4.78, 5) is 25.3. The third-order valence-corrected chi connectivity index (χ3v) is 9.93. The van der Waals surface area contributed by atoms with Crippen molar-refractivity contribution in [2.24, 2.45) is 11.1 Å². The molecule has 9 nitrogen and oxygen atoms in total. The standard InChI is InChI=1S/C30H43N5O4.C2H6/c1-18-16-35(20-11-15-38-17-20)28-24(18)29(39-19(2)22-9-7-14-34(22)3)33-27(32-28)25(37)21-8-6-13-30(26(21)31)12-5-4-10-23(30)36;1-2/h16,19-20,22,26,37H,4-15,17,31H2,1-3H3;1-2H3/b25-21-;/t19-,20+,22?,26?,30+;/m0./s1. The number of fused-ring (bicyclic) bond motifs is 1. The number of hydrogen-bond acceptors (Lipinski definition) is 8. The minimum absolute atomic E-state index is 0.00501. The van der Waals surface area contributed by atoms with Crippen molar-refractivity contribution >= 4 is 22.6 Å². The number of ether oxygens (including phenoxy) is 2. The van der Waals surface area contributed by atoms with Gasteiger partial charge in [-0.1, -0.05) is 20.3 Å². The molecule has 2 aromatic rings. The summed E-state index contributed by atoms with van der Waals surface area (Å²) in [6.07, 6.45) is 10.7. The molecule has 0 radical (unpaired) electrons. The fourth-order valence-electron chi connectivity index (χ4n) is 7.65. The number of aromatic nitrogens is 3. The molecular weight excluding hydrogens is 518 g/mol. The highest BCUT2D eigenvalue weighted by Gasteiger charge is 2.48. The molecule has 6 rings (SSSR count). The number of aliphatic hydroxyl groups is 1. The van der Waals surface area contributed by atoms with Crippen LogP contribution in [-0.2, 0) is 9.53 Å². The van der Waals surface area contributed by atoms with E-state index in [4.69, 9.17) is 25.2 Å². The van der Waals surface area contributed by atoms with E-state index >= 15 is 0 Å². The number of aliphatic hydroxyl groups excluding tert-OH is 1. The van der Waals surface area contributed by atoms with E-state index in [1.807, 2.05) is 13.8 Å². The van der Waals surface area contributed by atoms with Crippen molar-refractivity contribution < 1.29 is 19.4 Å². The topological polar surface area (TPSA) is 116 Å². The lowest BCUT2D eigenvalue weighted by Crippen LogP contribution is -2.52. The van der Waals surface area contributed by atoms with Gasteiger partial charge in [0.25, 0.3) is 0 Å². The van der Waals surface area contributed by atoms with Crippen LogP contribution in [0, 0.1) is 12.3 Å². The molecule has 2 aromatic heterocycles. The van der Waals surface area contributed by atoms with Crippen molar-refractivity contribution in [3.8, 4) is 5.88 Å². The molecule has 0 amide bonds. The number of likely N-dealkylation sites (N-methyl/N-ethyl adjacent to an activating group) is 1. The Kier molecular flexibility index (Phi) is 9.07. The first kappa shape index (κ1) is 30.0. The lowest BCUT2D eigenvalue weighted by molar-refractivity contribution is -0.133. The normalized spacial score (nSPS) is 30.9. The molecule has 5 atom stereocenters. The van der Waals surface area contributed by atoms with E-state index in [-0.39, 0.29) is 29.5 Å². The second kappa shape index (κ2) is 12.4. The number of hydrogen-bond donors (Lipinski definition) is 2. The molecule has 2 saturated carbocycles. The van der Waals surface area contributed by atoms with Gasteiger partial charge in [-0.25, -0.2) is 4.98 Å². The first-order chi connectivity index (χ1) is 19.8. The van der Waals surface area contributed by atoms with Crippen LogP contribution in [0.1, 0.15) is 102 Å². The second-order valence-corrected chi connectivity index (χ2v) is 12.3. The Morgan fingerprint density at radius 3 is 2.63 bits per heavy atom. The molecular formula is C32H49N5O4. The maximum absolute atomic E-state index is 13.1. The van der Waals surface area contributed by atoms with Gasteiger partial charge in [0, 0.05) is 36.7 Å². The third kappa shape index (κ3) is 5.41. The zero-order chi connectivity index (χ0) is 29.3. The number of nitrogens with two attached hydrogens (primary N) is 1. The zero-order valence-electron chi connectivity index (χ0n) is 25.6. The van der Waals surface area contributed by atoms with Crippen molar-refractivity contribution in [2.45, 2.75) is 116 Å². The lowest BCUT2D eigenvalue weighted by atomic mass is 9.60. The Bertz CT molecular complexity index is 1280. The van der Waals surface area contributed by atoms with Crippen LogP contribution < -0.4 is 10.5 Å². The van der Waals surface area contributed by atoms with Crippen molar-refractivity contribution in [3.63, 3.8) is 0 Å². The van der Waals surface area contributed by atoms with Gasteiger partial charge in [0.1, 0.15) is 17.5 Å². The Balaban J connectivity index is 0.00000165. The summed E-state index contributed by atoms with van der Waals surface area (Å²) in [6.45, 7) is 10.6. The highest BCUT2D eigenvalue weighted by Crippen LogP contribution is 2.48. The molecule has 2 unspecified atom stereocenters. The van der Waals surface area contributed by atoms with Crippen LogP contribution in [0.5, 0.6) is 5.88 Å². The van der Waals surface area contributed by atoms with E-state index in [2.05, 4.69) is 36.6 Å². The van der Waals surface area contributed by atoms with Crippen LogP contribution in [0.2, 0.25) is 0 Å². The average Bonchev–Trinajstić information content (AvgIpc) is 3.73. The minimum Gasteiger partial charge on any atom is -0.504 e. The number of Topliss-reactive ketones (excluding diaryl/α,β-unsaturated/α-hetero) is 1. The van der Waals surface area contributed by atoms with E-state index in [0.29, 0.717) is 36.9 Å². The van der Waals surface area contributed by atoms with Crippen molar-refractivity contribution in [1.29, 1.82) is 0 Å². The Morgan fingerprint density at radius 2 is 1.95 bits per heavy atom. The molecule has 4 heterocycles. The number of aryl methyl sites for hydroxylation is 1. The summed E-state index contributed by atoms with van der Waals surface area (Å²) in [6, 6.07) is -0.0458. The highest BCUT2D eigenvalue weighted by molar-refractivity contribution is 5.88.